The van der Waals surface area contributed by atoms with E-state index in [0.717, 1.165) is 36.5 Å². The number of hydrogen-bond acceptors (Lipinski definition) is 4. The molecule has 0 aliphatic carbocycles. The lowest BCUT2D eigenvalue weighted by Gasteiger charge is -2.25. The number of nitrogens with zero attached hydrogens (tertiary/aromatic N) is 1. The van der Waals surface area contributed by atoms with Crippen molar-refractivity contribution < 1.29 is 19.0 Å². The van der Waals surface area contributed by atoms with E-state index >= 15 is 0 Å². The highest BCUT2D eigenvalue weighted by Crippen LogP contribution is 2.31. The van der Waals surface area contributed by atoms with Crippen LogP contribution in [-0.4, -0.2) is 49.9 Å². The molecule has 126 valence electrons. The van der Waals surface area contributed by atoms with E-state index in [0.29, 0.717) is 19.8 Å². The number of benzene rings is 1. The van der Waals surface area contributed by atoms with Crippen LogP contribution in [-0.2, 0) is 11.3 Å². The van der Waals surface area contributed by atoms with Crippen molar-refractivity contribution in [2.24, 2.45) is 0 Å². The Labute approximate surface area is 136 Å². The van der Waals surface area contributed by atoms with E-state index in [1.165, 1.54) is 0 Å². The minimum Gasteiger partial charge on any atom is -0.486 e. The number of hydrogen-bond donors (Lipinski definition) is 1. The van der Waals surface area contributed by atoms with Crippen molar-refractivity contribution in [2.75, 3.05) is 26.9 Å². The van der Waals surface area contributed by atoms with Crippen LogP contribution in [0, 0.1) is 0 Å². The van der Waals surface area contributed by atoms with Crippen molar-refractivity contribution in [3.63, 3.8) is 0 Å². The van der Waals surface area contributed by atoms with E-state index in [-0.39, 0.29) is 18.2 Å². The van der Waals surface area contributed by atoms with E-state index in [2.05, 4.69) is 5.32 Å². The summed E-state index contributed by atoms with van der Waals surface area (Å²) in [5, 5.41) is 3.01. The Balaban J connectivity index is 1.55. The molecule has 1 aromatic carbocycles. The quantitative estimate of drug-likeness (QED) is 0.923. The molecule has 2 aliphatic rings. The molecule has 23 heavy (non-hydrogen) atoms. The van der Waals surface area contributed by atoms with Gasteiger partial charge < -0.3 is 24.4 Å². The predicted octanol–water partition coefficient (Wildman–Crippen LogP) is 2.17. The molecule has 1 saturated heterocycles. The summed E-state index contributed by atoms with van der Waals surface area (Å²) >= 11 is 0. The van der Waals surface area contributed by atoms with Crippen molar-refractivity contribution in [1.29, 1.82) is 0 Å². The Kier molecular flexibility index (Phi) is 4.91. The van der Waals surface area contributed by atoms with Gasteiger partial charge in [0.15, 0.2) is 11.5 Å². The fourth-order valence-electron chi connectivity index (χ4n) is 2.93. The van der Waals surface area contributed by atoms with Crippen molar-refractivity contribution in [1.82, 2.24) is 10.2 Å². The second kappa shape index (κ2) is 7.08. The number of amides is 2. The minimum absolute atomic E-state index is 0.0210. The number of urea groups is 1. The summed E-state index contributed by atoms with van der Waals surface area (Å²) in [5.74, 6) is 1.51. The third-order valence-electron chi connectivity index (χ3n) is 4.25. The number of carbonyl (C=O) groups is 1. The van der Waals surface area contributed by atoms with E-state index in [1.807, 2.05) is 25.1 Å². The van der Waals surface area contributed by atoms with Gasteiger partial charge in [0, 0.05) is 20.2 Å². The first kappa shape index (κ1) is 15.9. The first-order valence-corrected chi connectivity index (χ1v) is 8.15. The van der Waals surface area contributed by atoms with Crippen LogP contribution in [0.3, 0.4) is 0 Å². The first-order chi connectivity index (χ1) is 11.1. The zero-order chi connectivity index (χ0) is 16.2. The maximum absolute atomic E-state index is 12.3. The molecule has 0 aromatic heterocycles. The molecule has 2 heterocycles. The van der Waals surface area contributed by atoms with Crippen LogP contribution in [0.15, 0.2) is 18.2 Å². The molecule has 6 heteroatoms. The smallest absolute Gasteiger partial charge is 0.317 e. The van der Waals surface area contributed by atoms with Gasteiger partial charge in [0.1, 0.15) is 13.2 Å². The number of rotatable bonds is 4. The Hall–Kier alpha value is -1.95. The number of fused-ring (bicyclic) bond motifs is 1. The van der Waals surface area contributed by atoms with E-state index in [4.69, 9.17) is 14.2 Å². The summed E-state index contributed by atoms with van der Waals surface area (Å²) in [5.41, 5.74) is 1.01. The molecule has 1 N–H and O–H groups in total. The van der Waals surface area contributed by atoms with Gasteiger partial charge in [-0.3, -0.25) is 0 Å². The van der Waals surface area contributed by atoms with Crippen molar-refractivity contribution in [3.05, 3.63) is 23.8 Å². The lowest BCUT2D eigenvalue weighted by molar-refractivity contribution is 0.0838. The fraction of sp³-hybridized carbons (Fsp3) is 0.588. The third kappa shape index (κ3) is 3.88. The standard InChI is InChI=1S/C17H24N2O4/c1-12(14-4-3-7-21-14)18-17(20)19(2)11-13-5-6-15-16(10-13)23-9-8-22-15/h5-6,10,12,14H,3-4,7-9,11H2,1-2H3,(H,18,20)/t12-,14-/m0/s1. The summed E-state index contributed by atoms with van der Waals surface area (Å²) in [6.07, 6.45) is 2.20. The summed E-state index contributed by atoms with van der Waals surface area (Å²) < 4.78 is 16.7. The maximum Gasteiger partial charge on any atom is 0.317 e. The maximum atomic E-state index is 12.3. The third-order valence-corrected chi connectivity index (χ3v) is 4.25. The summed E-state index contributed by atoms with van der Waals surface area (Å²) in [7, 11) is 1.79. The highest BCUT2D eigenvalue weighted by molar-refractivity contribution is 5.74. The monoisotopic (exact) mass is 320 g/mol. The van der Waals surface area contributed by atoms with Crippen LogP contribution >= 0.6 is 0 Å². The molecular formula is C17H24N2O4. The van der Waals surface area contributed by atoms with Gasteiger partial charge >= 0.3 is 6.03 Å². The highest BCUT2D eigenvalue weighted by atomic mass is 16.6. The molecule has 2 amide bonds. The van der Waals surface area contributed by atoms with Crippen molar-refractivity contribution >= 4 is 6.03 Å². The van der Waals surface area contributed by atoms with Crippen LogP contribution in [0.4, 0.5) is 4.79 Å². The molecule has 0 spiro atoms. The van der Waals surface area contributed by atoms with Gasteiger partial charge in [-0.05, 0) is 37.5 Å². The second-order valence-electron chi connectivity index (χ2n) is 6.12. The zero-order valence-corrected chi connectivity index (χ0v) is 13.7. The topological polar surface area (TPSA) is 60.0 Å². The SMILES string of the molecule is C[C@H](NC(=O)N(C)Cc1ccc2c(c1)OCCO2)[C@@H]1CCCO1. The van der Waals surface area contributed by atoms with Gasteiger partial charge in [-0.1, -0.05) is 6.07 Å². The minimum atomic E-state index is -0.0945. The molecule has 0 saturated carbocycles. The van der Waals surface area contributed by atoms with Crippen LogP contribution in [0.2, 0.25) is 0 Å². The Morgan fingerprint density at radius 1 is 1.30 bits per heavy atom. The molecule has 1 fully saturated rings. The van der Waals surface area contributed by atoms with Crippen LogP contribution in [0.25, 0.3) is 0 Å². The Bertz CT molecular complexity index is 558. The summed E-state index contributed by atoms with van der Waals surface area (Å²) in [6, 6.07) is 5.71. The van der Waals surface area contributed by atoms with Gasteiger partial charge in [0.05, 0.1) is 12.1 Å². The molecule has 2 aliphatic heterocycles. The molecule has 3 rings (SSSR count). The lowest BCUT2D eigenvalue weighted by Crippen LogP contribution is -2.46. The summed E-state index contributed by atoms with van der Waals surface area (Å²) in [6.45, 7) is 4.44. The number of carbonyl (C=O) groups excluding carboxylic acids is 1. The van der Waals surface area contributed by atoms with E-state index in [1.54, 1.807) is 11.9 Å². The van der Waals surface area contributed by atoms with Gasteiger partial charge in [0.2, 0.25) is 0 Å². The summed E-state index contributed by atoms with van der Waals surface area (Å²) in [4.78, 5) is 14.0. The Morgan fingerprint density at radius 2 is 2.09 bits per heavy atom. The average Bonchev–Trinajstić information content (AvgIpc) is 3.09. The van der Waals surface area contributed by atoms with Crippen molar-refractivity contribution in [3.8, 4) is 11.5 Å². The lowest BCUT2D eigenvalue weighted by atomic mass is 10.1. The molecule has 1 aromatic rings. The molecule has 0 unspecified atom stereocenters. The van der Waals surface area contributed by atoms with Gasteiger partial charge in [-0.15, -0.1) is 0 Å². The molecule has 0 bridgehead atoms. The molecular weight excluding hydrogens is 296 g/mol. The van der Waals surface area contributed by atoms with Crippen molar-refractivity contribution in [2.45, 2.75) is 38.5 Å². The normalized spacial score (nSPS) is 20.9. The molecule has 0 radical (unpaired) electrons. The fourth-order valence-corrected chi connectivity index (χ4v) is 2.93. The van der Waals surface area contributed by atoms with Crippen LogP contribution in [0.1, 0.15) is 25.3 Å². The van der Waals surface area contributed by atoms with Crippen LogP contribution < -0.4 is 14.8 Å². The average molecular weight is 320 g/mol. The zero-order valence-electron chi connectivity index (χ0n) is 13.7. The number of nitrogens with one attached hydrogen (secondary N) is 1. The highest BCUT2D eigenvalue weighted by Gasteiger charge is 2.24. The van der Waals surface area contributed by atoms with Crippen LogP contribution in [0.5, 0.6) is 11.5 Å². The number of ether oxygens (including phenoxy) is 3. The predicted molar refractivity (Wildman–Crippen MR) is 85.9 cm³/mol. The van der Waals surface area contributed by atoms with Gasteiger partial charge in [0.25, 0.3) is 0 Å². The van der Waals surface area contributed by atoms with Gasteiger partial charge in [-0.2, -0.15) is 0 Å². The second-order valence-corrected chi connectivity index (χ2v) is 6.12. The van der Waals surface area contributed by atoms with E-state index < -0.39 is 0 Å². The Morgan fingerprint density at radius 3 is 2.83 bits per heavy atom. The largest absolute Gasteiger partial charge is 0.486 e. The van der Waals surface area contributed by atoms with E-state index in [9.17, 15) is 4.79 Å². The molecule has 2 atom stereocenters. The van der Waals surface area contributed by atoms with Gasteiger partial charge in [-0.25, -0.2) is 4.79 Å². The first-order valence-electron chi connectivity index (χ1n) is 8.15. The molecule has 6 nitrogen and oxygen atoms in total.